The van der Waals surface area contributed by atoms with E-state index in [1.807, 2.05) is 24.3 Å². The fourth-order valence-corrected chi connectivity index (χ4v) is 3.49. The van der Waals surface area contributed by atoms with Gasteiger partial charge in [-0.15, -0.1) is 0 Å². The number of rotatable bonds is 5. The number of aromatic amines is 1. The summed E-state index contributed by atoms with van der Waals surface area (Å²) in [6.45, 7) is 0.905. The van der Waals surface area contributed by atoms with E-state index in [0.29, 0.717) is 47.8 Å². The Balaban J connectivity index is 1.38. The summed E-state index contributed by atoms with van der Waals surface area (Å²) in [5.41, 5.74) is 1.61. The predicted molar refractivity (Wildman–Crippen MR) is 100 cm³/mol. The number of likely N-dealkylation sites (tertiary alicyclic amines) is 1. The number of benzene rings is 1. The zero-order valence-corrected chi connectivity index (χ0v) is 15.3. The molecule has 3 aromatic rings. The zero-order valence-electron chi connectivity index (χ0n) is 14.5. The van der Waals surface area contributed by atoms with Crippen LogP contribution in [0.1, 0.15) is 12.0 Å². The largest absolute Gasteiger partial charge is 0.360 e. The summed E-state index contributed by atoms with van der Waals surface area (Å²) in [5, 5.41) is 10.8. The molecular weight excluding hydrogens is 374 g/mol. The van der Waals surface area contributed by atoms with E-state index in [1.54, 1.807) is 4.90 Å². The molecule has 2 aromatic heterocycles. The van der Waals surface area contributed by atoms with Crippen molar-refractivity contribution in [2.45, 2.75) is 24.8 Å². The van der Waals surface area contributed by atoms with Crippen LogP contribution in [0.5, 0.6) is 0 Å². The van der Waals surface area contributed by atoms with Crippen molar-refractivity contribution in [2.24, 2.45) is 0 Å². The van der Waals surface area contributed by atoms with Crippen LogP contribution in [-0.4, -0.2) is 56.7 Å². The lowest BCUT2D eigenvalue weighted by Crippen LogP contribution is -2.54. The van der Waals surface area contributed by atoms with E-state index in [1.165, 1.54) is 12.5 Å². The van der Waals surface area contributed by atoms with E-state index in [2.05, 4.69) is 25.5 Å². The highest BCUT2D eigenvalue weighted by atomic mass is 35.5. The molecule has 0 saturated carbocycles. The molecule has 2 N–H and O–H groups in total. The number of anilines is 1. The Hall–Kier alpha value is -2.32. The number of piperidine rings is 1. The summed E-state index contributed by atoms with van der Waals surface area (Å²) in [5.74, 6) is -2.48. The highest BCUT2D eigenvalue weighted by Gasteiger charge is 2.44. The highest BCUT2D eigenvalue weighted by Crippen LogP contribution is 2.31. The lowest BCUT2D eigenvalue weighted by atomic mass is 10.00. The highest BCUT2D eigenvalue weighted by molar-refractivity contribution is 6.30. The molecule has 9 heteroatoms. The fraction of sp³-hybridized carbons (Fsp3) is 0.389. The van der Waals surface area contributed by atoms with E-state index < -0.39 is 12.0 Å². The third-order valence-electron chi connectivity index (χ3n) is 4.87. The molecule has 1 atom stereocenters. The smallest absolute Gasteiger partial charge is 0.280 e. The topological polar surface area (TPSA) is 69.7 Å². The number of nitrogens with one attached hydrogen (secondary N) is 2. The van der Waals surface area contributed by atoms with Crippen molar-refractivity contribution in [2.75, 3.05) is 25.0 Å². The minimum atomic E-state index is -2.86. The number of hydrogen-bond donors (Lipinski definition) is 2. The second-order valence-corrected chi connectivity index (χ2v) is 7.19. The van der Waals surface area contributed by atoms with Gasteiger partial charge >= 0.3 is 0 Å². The summed E-state index contributed by atoms with van der Waals surface area (Å²) in [6.07, 6.45) is 3.92. The second-order valence-electron chi connectivity index (χ2n) is 6.75. The van der Waals surface area contributed by atoms with Gasteiger partial charge in [0.1, 0.15) is 12.1 Å². The maximum Gasteiger partial charge on any atom is 0.280 e. The van der Waals surface area contributed by atoms with E-state index >= 15 is 0 Å². The molecule has 0 unspecified atom stereocenters. The van der Waals surface area contributed by atoms with Crippen LogP contribution < -0.4 is 5.32 Å². The Kier molecular flexibility index (Phi) is 4.92. The van der Waals surface area contributed by atoms with Crippen LogP contribution in [0, 0.1) is 0 Å². The minimum absolute atomic E-state index is 0.280. The Morgan fingerprint density at radius 2 is 2.07 bits per heavy atom. The van der Waals surface area contributed by atoms with E-state index in [4.69, 9.17) is 11.6 Å². The molecule has 1 aliphatic rings. The molecule has 1 aromatic carbocycles. The quantitative estimate of drug-likeness (QED) is 0.696. The summed E-state index contributed by atoms with van der Waals surface area (Å²) in [4.78, 5) is 9.94. The summed E-state index contributed by atoms with van der Waals surface area (Å²) in [7, 11) is 0. The summed E-state index contributed by atoms with van der Waals surface area (Å²) < 4.78 is 29.4. The first kappa shape index (κ1) is 18.1. The van der Waals surface area contributed by atoms with Gasteiger partial charge in [0.25, 0.3) is 5.92 Å². The average molecular weight is 393 g/mol. The standard InChI is InChI=1S/C18H19ClF2N6/c19-13-3-1-12(2-4-13)5-7-27-8-6-15(18(20,21)10-27)25-16-14-9-24-26-17(14)23-11-22-16/h1-4,9,11,15H,5-8,10H2,(H2,22,23,24,25,26)/t15-/m1/s1. The first-order chi connectivity index (χ1) is 13.0. The van der Waals surface area contributed by atoms with E-state index in [-0.39, 0.29) is 6.54 Å². The van der Waals surface area contributed by atoms with Crippen LogP contribution in [0.15, 0.2) is 36.8 Å². The first-order valence-corrected chi connectivity index (χ1v) is 9.14. The molecule has 1 saturated heterocycles. The molecule has 0 radical (unpaired) electrons. The van der Waals surface area contributed by atoms with Crippen LogP contribution in [-0.2, 0) is 6.42 Å². The number of nitrogens with zero attached hydrogens (tertiary/aromatic N) is 4. The van der Waals surface area contributed by atoms with Gasteiger partial charge in [-0.1, -0.05) is 23.7 Å². The molecule has 1 fully saturated rings. The van der Waals surface area contributed by atoms with Crippen LogP contribution in [0.2, 0.25) is 5.02 Å². The van der Waals surface area contributed by atoms with Crippen molar-refractivity contribution in [3.63, 3.8) is 0 Å². The molecule has 1 aliphatic heterocycles. The second kappa shape index (κ2) is 7.36. The number of aromatic nitrogens is 4. The lowest BCUT2D eigenvalue weighted by Gasteiger charge is -2.38. The number of halogens is 3. The molecule has 142 valence electrons. The van der Waals surface area contributed by atoms with Crippen molar-refractivity contribution >= 4 is 28.5 Å². The van der Waals surface area contributed by atoms with Gasteiger partial charge in [-0.05, 0) is 30.5 Å². The predicted octanol–water partition coefficient (Wildman–Crippen LogP) is 3.37. The molecule has 0 aliphatic carbocycles. The Labute approximate surface area is 159 Å². The van der Waals surface area contributed by atoms with Gasteiger partial charge in [-0.25, -0.2) is 18.7 Å². The summed E-state index contributed by atoms with van der Waals surface area (Å²) in [6, 6.07) is 6.53. The van der Waals surface area contributed by atoms with Crippen molar-refractivity contribution in [1.82, 2.24) is 25.1 Å². The maximum absolute atomic E-state index is 14.7. The van der Waals surface area contributed by atoms with Gasteiger partial charge in [0.05, 0.1) is 24.2 Å². The van der Waals surface area contributed by atoms with Crippen LogP contribution in [0.4, 0.5) is 14.6 Å². The van der Waals surface area contributed by atoms with Gasteiger partial charge in [-0.3, -0.25) is 10.00 Å². The van der Waals surface area contributed by atoms with Crippen LogP contribution >= 0.6 is 11.6 Å². The zero-order chi connectivity index (χ0) is 18.9. The molecule has 27 heavy (non-hydrogen) atoms. The Morgan fingerprint density at radius 1 is 1.26 bits per heavy atom. The Morgan fingerprint density at radius 3 is 2.85 bits per heavy atom. The van der Waals surface area contributed by atoms with Gasteiger partial charge in [0.15, 0.2) is 5.65 Å². The van der Waals surface area contributed by atoms with Gasteiger partial charge in [0.2, 0.25) is 0 Å². The van der Waals surface area contributed by atoms with Gasteiger partial charge < -0.3 is 5.32 Å². The number of hydrogen-bond acceptors (Lipinski definition) is 5. The molecule has 0 bridgehead atoms. The summed E-state index contributed by atoms with van der Waals surface area (Å²) >= 11 is 5.88. The molecule has 6 nitrogen and oxygen atoms in total. The van der Waals surface area contributed by atoms with Crippen LogP contribution in [0.25, 0.3) is 11.0 Å². The first-order valence-electron chi connectivity index (χ1n) is 8.76. The Bertz CT molecular complexity index is 914. The van der Waals surface area contributed by atoms with Crippen molar-refractivity contribution in [1.29, 1.82) is 0 Å². The van der Waals surface area contributed by atoms with Gasteiger partial charge in [-0.2, -0.15) is 5.10 Å². The SMILES string of the molecule is FC1(F)CN(CCc2ccc(Cl)cc2)CC[C@H]1Nc1ncnc2[nH]ncc12. The van der Waals surface area contributed by atoms with Crippen molar-refractivity contribution in [3.8, 4) is 0 Å². The normalized spacial score (nSPS) is 20.0. The number of H-pyrrole nitrogens is 1. The van der Waals surface area contributed by atoms with Crippen molar-refractivity contribution in [3.05, 3.63) is 47.4 Å². The lowest BCUT2D eigenvalue weighted by molar-refractivity contribution is -0.0734. The van der Waals surface area contributed by atoms with Crippen molar-refractivity contribution < 1.29 is 8.78 Å². The number of fused-ring (bicyclic) bond motifs is 1. The minimum Gasteiger partial charge on any atom is -0.360 e. The third-order valence-corrected chi connectivity index (χ3v) is 5.12. The molecular formula is C18H19ClF2N6. The average Bonchev–Trinajstić information content (AvgIpc) is 3.13. The van der Waals surface area contributed by atoms with E-state index in [9.17, 15) is 8.78 Å². The molecule has 0 amide bonds. The molecule has 0 spiro atoms. The third kappa shape index (κ3) is 4.01. The van der Waals surface area contributed by atoms with Crippen LogP contribution in [0.3, 0.4) is 0 Å². The number of alkyl halides is 2. The molecule has 3 heterocycles. The van der Waals surface area contributed by atoms with E-state index in [0.717, 1.165) is 5.56 Å². The molecule has 4 rings (SSSR count). The fourth-order valence-electron chi connectivity index (χ4n) is 3.36. The van der Waals surface area contributed by atoms with Gasteiger partial charge in [0, 0.05) is 18.1 Å². The monoisotopic (exact) mass is 392 g/mol. The maximum atomic E-state index is 14.7.